The van der Waals surface area contributed by atoms with Gasteiger partial charge in [-0.05, 0) is 48.4 Å². The normalized spacial score (nSPS) is 10.4. The van der Waals surface area contributed by atoms with Gasteiger partial charge >= 0.3 is 0 Å². The number of hydrogen-bond acceptors (Lipinski definition) is 4. The molecule has 3 aromatic carbocycles. The molecule has 0 spiro atoms. The molecule has 0 aliphatic rings. The second-order valence-corrected chi connectivity index (χ2v) is 7.61. The number of para-hydroxylation sites is 2. The van der Waals surface area contributed by atoms with Gasteiger partial charge in [-0.1, -0.05) is 68.7 Å². The van der Waals surface area contributed by atoms with E-state index in [0.717, 1.165) is 30.0 Å². The summed E-state index contributed by atoms with van der Waals surface area (Å²) < 4.78 is 11.7. The number of carbonyl (C=O) groups is 1. The van der Waals surface area contributed by atoms with Gasteiger partial charge in [0.15, 0.2) is 0 Å². The summed E-state index contributed by atoms with van der Waals surface area (Å²) in [5.74, 6) is 1.35. The van der Waals surface area contributed by atoms with Crippen LogP contribution in [0.4, 0.5) is 11.4 Å². The van der Waals surface area contributed by atoms with Crippen LogP contribution in [0.2, 0.25) is 0 Å². The molecule has 0 bridgehead atoms. The summed E-state index contributed by atoms with van der Waals surface area (Å²) in [6.07, 6.45) is 4.74. The average molecular weight is 433 g/mol. The minimum absolute atomic E-state index is 0.142. The number of unbranched alkanes of at least 4 members (excludes halogenated alkanes) is 3. The quantitative estimate of drug-likeness (QED) is 0.312. The molecule has 5 nitrogen and oxygen atoms in total. The highest BCUT2D eigenvalue weighted by Crippen LogP contribution is 2.25. The van der Waals surface area contributed by atoms with Gasteiger partial charge in [0.05, 0.1) is 18.8 Å². The van der Waals surface area contributed by atoms with E-state index in [4.69, 9.17) is 9.47 Å². The molecule has 0 aliphatic heterocycles. The van der Waals surface area contributed by atoms with Crippen LogP contribution >= 0.6 is 0 Å². The van der Waals surface area contributed by atoms with E-state index >= 15 is 0 Å². The molecule has 0 saturated heterocycles. The average Bonchev–Trinajstić information content (AvgIpc) is 2.83. The number of ether oxygens (including phenoxy) is 2. The molecule has 1 amide bonds. The molecule has 2 N–H and O–H groups in total. The molecular weight excluding hydrogens is 400 g/mol. The highest BCUT2D eigenvalue weighted by molar-refractivity contribution is 5.95. The zero-order valence-electron chi connectivity index (χ0n) is 18.7. The van der Waals surface area contributed by atoms with Crippen molar-refractivity contribution in [2.24, 2.45) is 0 Å². The van der Waals surface area contributed by atoms with Crippen LogP contribution in [0.3, 0.4) is 0 Å². The van der Waals surface area contributed by atoms with E-state index in [1.54, 1.807) is 0 Å². The van der Waals surface area contributed by atoms with Gasteiger partial charge in [-0.25, -0.2) is 0 Å². The summed E-state index contributed by atoms with van der Waals surface area (Å²) in [4.78, 5) is 12.5. The number of nitrogens with one attached hydrogen (secondary N) is 2. The van der Waals surface area contributed by atoms with Crippen molar-refractivity contribution in [3.8, 4) is 11.5 Å². The Morgan fingerprint density at radius 3 is 2.34 bits per heavy atom. The molecule has 0 radical (unpaired) electrons. The summed E-state index contributed by atoms with van der Waals surface area (Å²) in [5, 5.41) is 6.07. The van der Waals surface area contributed by atoms with Gasteiger partial charge in [0, 0.05) is 5.69 Å². The topological polar surface area (TPSA) is 59.6 Å². The van der Waals surface area contributed by atoms with E-state index in [1.807, 2.05) is 78.9 Å². The number of carbonyl (C=O) groups excluding carboxylic acids is 1. The molecule has 3 aromatic rings. The molecule has 0 atom stereocenters. The van der Waals surface area contributed by atoms with Gasteiger partial charge in [0.25, 0.3) is 0 Å². The van der Waals surface area contributed by atoms with E-state index in [0.29, 0.717) is 18.0 Å². The predicted molar refractivity (Wildman–Crippen MR) is 130 cm³/mol. The third-order valence-corrected chi connectivity index (χ3v) is 4.97. The first kappa shape index (κ1) is 23.2. The Balaban J connectivity index is 1.44. The third kappa shape index (κ3) is 7.99. The molecule has 0 unspecified atom stereocenters. The molecular formula is C27H32N2O3. The Kier molecular flexibility index (Phi) is 9.46. The molecule has 0 fully saturated rings. The smallest absolute Gasteiger partial charge is 0.243 e. The highest BCUT2D eigenvalue weighted by atomic mass is 16.5. The number of amides is 1. The first-order valence-electron chi connectivity index (χ1n) is 11.3. The second-order valence-electron chi connectivity index (χ2n) is 7.61. The van der Waals surface area contributed by atoms with Crippen molar-refractivity contribution in [2.45, 2.75) is 39.2 Å². The standard InChI is InChI=1S/C27H32N2O3/c1-2-3-4-10-19-31-24-17-15-23(16-18-24)28-20-27(30)29-25-13-8-9-14-26(25)32-21-22-11-6-5-7-12-22/h5-9,11-18,28H,2-4,10,19-21H2,1H3,(H,29,30). The van der Waals surface area contributed by atoms with Crippen LogP contribution in [0.5, 0.6) is 11.5 Å². The molecule has 0 saturated carbocycles. The lowest BCUT2D eigenvalue weighted by molar-refractivity contribution is -0.114. The van der Waals surface area contributed by atoms with Crippen LogP contribution in [-0.4, -0.2) is 19.1 Å². The van der Waals surface area contributed by atoms with Gasteiger partial charge in [0.2, 0.25) is 5.91 Å². The monoisotopic (exact) mass is 432 g/mol. The molecule has 0 heterocycles. The van der Waals surface area contributed by atoms with Gasteiger partial charge in [-0.3, -0.25) is 4.79 Å². The summed E-state index contributed by atoms with van der Waals surface area (Å²) in [5.41, 5.74) is 2.60. The fraction of sp³-hybridized carbons (Fsp3) is 0.296. The van der Waals surface area contributed by atoms with Crippen LogP contribution in [0.1, 0.15) is 38.2 Å². The maximum atomic E-state index is 12.5. The summed E-state index contributed by atoms with van der Waals surface area (Å²) in [7, 11) is 0. The fourth-order valence-corrected chi connectivity index (χ4v) is 3.20. The second kappa shape index (κ2) is 13.1. The van der Waals surface area contributed by atoms with Crippen molar-refractivity contribution in [1.82, 2.24) is 0 Å². The molecule has 0 aromatic heterocycles. The summed E-state index contributed by atoms with van der Waals surface area (Å²) >= 11 is 0. The number of anilines is 2. The van der Waals surface area contributed by atoms with Gasteiger partial charge in [-0.2, -0.15) is 0 Å². The van der Waals surface area contributed by atoms with Crippen molar-refractivity contribution in [1.29, 1.82) is 0 Å². The zero-order chi connectivity index (χ0) is 22.4. The van der Waals surface area contributed by atoms with E-state index in [9.17, 15) is 4.79 Å². The minimum atomic E-state index is -0.142. The van der Waals surface area contributed by atoms with Crippen molar-refractivity contribution in [3.05, 3.63) is 84.4 Å². The fourth-order valence-electron chi connectivity index (χ4n) is 3.20. The Morgan fingerprint density at radius 1 is 0.812 bits per heavy atom. The van der Waals surface area contributed by atoms with E-state index in [1.165, 1.54) is 19.3 Å². The van der Waals surface area contributed by atoms with Crippen molar-refractivity contribution in [3.63, 3.8) is 0 Å². The third-order valence-electron chi connectivity index (χ3n) is 4.97. The van der Waals surface area contributed by atoms with Crippen LogP contribution < -0.4 is 20.1 Å². The lowest BCUT2D eigenvalue weighted by Crippen LogP contribution is -2.22. The lowest BCUT2D eigenvalue weighted by atomic mass is 10.2. The lowest BCUT2D eigenvalue weighted by Gasteiger charge is -2.13. The first-order chi connectivity index (χ1) is 15.7. The maximum absolute atomic E-state index is 12.5. The molecule has 5 heteroatoms. The predicted octanol–water partition coefficient (Wildman–Crippen LogP) is 6.28. The molecule has 168 valence electrons. The largest absolute Gasteiger partial charge is 0.494 e. The van der Waals surface area contributed by atoms with E-state index in [-0.39, 0.29) is 12.5 Å². The zero-order valence-corrected chi connectivity index (χ0v) is 18.7. The highest BCUT2D eigenvalue weighted by Gasteiger charge is 2.08. The Labute approximate surface area is 190 Å². The van der Waals surface area contributed by atoms with Crippen LogP contribution in [0.15, 0.2) is 78.9 Å². The number of benzene rings is 3. The number of hydrogen-bond donors (Lipinski definition) is 2. The van der Waals surface area contributed by atoms with Gasteiger partial charge in [0.1, 0.15) is 18.1 Å². The van der Waals surface area contributed by atoms with E-state index in [2.05, 4.69) is 17.6 Å². The number of rotatable bonds is 13. The van der Waals surface area contributed by atoms with Crippen molar-refractivity contribution < 1.29 is 14.3 Å². The minimum Gasteiger partial charge on any atom is -0.494 e. The Hall–Kier alpha value is -3.47. The SMILES string of the molecule is CCCCCCOc1ccc(NCC(=O)Nc2ccccc2OCc2ccccc2)cc1. The first-order valence-corrected chi connectivity index (χ1v) is 11.3. The van der Waals surface area contributed by atoms with Crippen molar-refractivity contribution in [2.75, 3.05) is 23.8 Å². The molecule has 32 heavy (non-hydrogen) atoms. The Morgan fingerprint density at radius 2 is 1.56 bits per heavy atom. The summed E-state index contributed by atoms with van der Waals surface area (Å²) in [6, 6.07) is 25.1. The maximum Gasteiger partial charge on any atom is 0.243 e. The summed E-state index contributed by atoms with van der Waals surface area (Å²) in [6.45, 7) is 3.54. The van der Waals surface area contributed by atoms with Crippen LogP contribution in [-0.2, 0) is 11.4 Å². The van der Waals surface area contributed by atoms with E-state index < -0.39 is 0 Å². The van der Waals surface area contributed by atoms with Crippen LogP contribution in [0, 0.1) is 0 Å². The van der Waals surface area contributed by atoms with Gasteiger partial charge < -0.3 is 20.1 Å². The van der Waals surface area contributed by atoms with Crippen LogP contribution in [0.25, 0.3) is 0 Å². The molecule has 0 aliphatic carbocycles. The van der Waals surface area contributed by atoms with Crippen molar-refractivity contribution >= 4 is 17.3 Å². The van der Waals surface area contributed by atoms with Gasteiger partial charge in [-0.15, -0.1) is 0 Å². The Bertz CT molecular complexity index is 943. The molecule has 3 rings (SSSR count).